The van der Waals surface area contributed by atoms with Crippen LogP contribution in [0.3, 0.4) is 0 Å². The Kier molecular flexibility index (Phi) is 4.89. The number of β-amino-alcohol motifs (C(OH)–C–C–N with tert-alkyl or cyclic N) is 1. The first kappa shape index (κ1) is 18.4. The number of aliphatic hydroxyl groups excluding tert-OH is 1. The fourth-order valence-corrected chi connectivity index (χ4v) is 4.71. The van der Waals surface area contributed by atoms with Crippen LogP contribution in [0.25, 0.3) is 11.4 Å². The van der Waals surface area contributed by atoms with Crippen LogP contribution in [0.2, 0.25) is 0 Å². The highest BCUT2D eigenvalue weighted by atomic mass is 16.3. The van der Waals surface area contributed by atoms with E-state index in [2.05, 4.69) is 25.1 Å². The molecular formula is C21H26N6O2. The molecular weight excluding hydrogens is 368 g/mol. The lowest BCUT2D eigenvalue weighted by molar-refractivity contribution is 0.0706. The molecule has 2 fully saturated rings. The van der Waals surface area contributed by atoms with Crippen LogP contribution in [-0.2, 0) is 6.42 Å². The van der Waals surface area contributed by atoms with E-state index >= 15 is 0 Å². The van der Waals surface area contributed by atoms with E-state index in [9.17, 15) is 9.90 Å². The predicted octanol–water partition coefficient (Wildman–Crippen LogP) is 0.860. The topological polar surface area (TPSA) is 94.5 Å². The van der Waals surface area contributed by atoms with Gasteiger partial charge in [-0.15, -0.1) is 0 Å². The van der Waals surface area contributed by atoms with Gasteiger partial charge in [-0.1, -0.05) is 6.42 Å². The number of anilines is 1. The summed E-state index contributed by atoms with van der Waals surface area (Å²) >= 11 is 0. The van der Waals surface area contributed by atoms with Gasteiger partial charge < -0.3 is 15.3 Å². The molecule has 2 atom stereocenters. The van der Waals surface area contributed by atoms with Crippen LogP contribution in [-0.4, -0.2) is 75.7 Å². The molecule has 5 heterocycles. The molecule has 0 bridgehead atoms. The molecule has 0 unspecified atom stereocenters. The van der Waals surface area contributed by atoms with Gasteiger partial charge in [0.1, 0.15) is 11.5 Å². The molecule has 2 N–H and O–H groups in total. The third-order valence-electron chi connectivity index (χ3n) is 6.20. The normalized spacial score (nSPS) is 25.0. The van der Waals surface area contributed by atoms with Crippen molar-refractivity contribution in [1.29, 1.82) is 0 Å². The Morgan fingerprint density at radius 2 is 2.00 bits per heavy atom. The van der Waals surface area contributed by atoms with E-state index in [1.807, 2.05) is 12.1 Å². The number of pyridine rings is 1. The van der Waals surface area contributed by atoms with E-state index in [4.69, 9.17) is 4.98 Å². The van der Waals surface area contributed by atoms with Crippen molar-refractivity contribution in [2.24, 2.45) is 0 Å². The second-order valence-electron chi connectivity index (χ2n) is 8.08. The largest absolute Gasteiger partial charge is 0.390 e. The summed E-state index contributed by atoms with van der Waals surface area (Å²) in [6.45, 7) is 3.92. The van der Waals surface area contributed by atoms with Gasteiger partial charge in [0, 0.05) is 43.2 Å². The Morgan fingerprint density at radius 3 is 2.79 bits per heavy atom. The Labute approximate surface area is 170 Å². The third kappa shape index (κ3) is 3.47. The molecule has 3 aliphatic heterocycles. The van der Waals surface area contributed by atoms with Gasteiger partial charge in [0.15, 0.2) is 5.82 Å². The summed E-state index contributed by atoms with van der Waals surface area (Å²) in [4.78, 5) is 30.7. The van der Waals surface area contributed by atoms with Crippen molar-refractivity contribution in [3.8, 4) is 11.4 Å². The van der Waals surface area contributed by atoms with Crippen LogP contribution in [0.15, 0.2) is 24.5 Å². The molecule has 3 aliphatic rings. The van der Waals surface area contributed by atoms with Crippen molar-refractivity contribution >= 4 is 11.7 Å². The molecule has 0 aliphatic carbocycles. The zero-order valence-electron chi connectivity index (χ0n) is 16.4. The summed E-state index contributed by atoms with van der Waals surface area (Å²) in [7, 11) is 0. The number of aliphatic hydroxyl groups is 1. The van der Waals surface area contributed by atoms with Crippen molar-refractivity contribution in [3.63, 3.8) is 0 Å². The fraction of sp³-hybridized carbons (Fsp3) is 0.524. The predicted molar refractivity (Wildman–Crippen MR) is 109 cm³/mol. The summed E-state index contributed by atoms with van der Waals surface area (Å²) in [5, 5.41) is 13.7. The Morgan fingerprint density at radius 1 is 1.14 bits per heavy atom. The van der Waals surface area contributed by atoms with Crippen molar-refractivity contribution < 1.29 is 9.90 Å². The average Bonchev–Trinajstić information content (AvgIpc) is 3.16. The van der Waals surface area contributed by atoms with E-state index in [1.165, 1.54) is 19.3 Å². The van der Waals surface area contributed by atoms with Crippen LogP contribution in [0.4, 0.5) is 5.82 Å². The number of likely N-dealkylation sites (tertiary alicyclic amines) is 1. The maximum absolute atomic E-state index is 12.5. The molecule has 2 aromatic rings. The van der Waals surface area contributed by atoms with Crippen LogP contribution >= 0.6 is 0 Å². The molecule has 152 valence electrons. The molecule has 0 spiro atoms. The molecule has 0 aromatic carbocycles. The summed E-state index contributed by atoms with van der Waals surface area (Å²) in [6.07, 6.45) is 7.35. The third-order valence-corrected chi connectivity index (χ3v) is 6.20. The van der Waals surface area contributed by atoms with E-state index in [1.54, 1.807) is 12.4 Å². The Balaban J connectivity index is 1.52. The Hall–Kier alpha value is -2.58. The van der Waals surface area contributed by atoms with Gasteiger partial charge in [-0.05, 0) is 44.5 Å². The standard InChI is InChI=1S/C21H26N6O2/c28-17-13-27(12-16(17)26-9-2-1-3-10-26)20-15-6-8-23-21(29)18(15)24-19(25-20)14-5-4-7-22-11-14/h4-5,7,11,16-17,28H,1-3,6,8-10,12-13H2,(H,23,29)/t16-,17-/m0/s1. The van der Waals surface area contributed by atoms with Gasteiger partial charge in [-0.3, -0.25) is 14.7 Å². The lowest BCUT2D eigenvalue weighted by atomic mass is 10.1. The number of aromatic nitrogens is 3. The number of nitrogens with one attached hydrogen (secondary N) is 1. The molecule has 29 heavy (non-hydrogen) atoms. The first-order valence-corrected chi connectivity index (χ1v) is 10.5. The SMILES string of the molecule is O=C1NCCc2c1nc(-c1cccnc1)nc2N1C[C@H](O)[C@@H](N2CCCCC2)C1. The molecule has 2 saturated heterocycles. The van der Waals surface area contributed by atoms with Gasteiger partial charge in [-0.25, -0.2) is 9.97 Å². The number of amides is 1. The van der Waals surface area contributed by atoms with Gasteiger partial charge in [0.05, 0.1) is 12.1 Å². The minimum Gasteiger partial charge on any atom is -0.390 e. The van der Waals surface area contributed by atoms with Gasteiger partial charge >= 0.3 is 0 Å². The number of hydrogen-bond acceptors (Lipinski definition) is 7. The van der Waals surface area contributed by atoms with E-state index in [0.29, 0.717) is 31.0 Å². The van der Waals surface area contributed by atoms with Crippen molar-refractivity contribution in [3.05, 3.63) is 35.8 Å². The number of nitrogens with zero attached hydrogens (tertiary/aromatic N) is 5. The number of carbonyl (C=O) groups excluding carboxylic acids is 1. The highest BCUT2D eigenvalue weighted by Gasteiger charge is 2.38. The smallest absolute Gasteiger partial charge is 0.270 e. The first-order chi connectivity index (χ1) is 14.2. The fourth-order valence-electron chi connectivity index (χ4n) is 4.71. The highest BCUT2D eigenvalue weighted by molar-refractivity contribution is 5.96. The minimum atomic E-state index is -0.419. The number of carbonyl (C=O) groups is 1. The lowest BCUT2D eigenvalue weighted by Crippen LogP contribution is -2.45. The van der Waals surface area contributed by atoms with E-state index in [-0.39, 0.29) is 11.9 Å². The van der Waals surface area contributed by atoms with Gasteiger partial charge in [-0.2, -0.15) is 0 Å². The van der Waals surface area contributed by atoms with Crippen LogP contribution in [0.1, 0.15) is 35.3 Å². The van der Waals surface area contributed by atoms with Crippen LogP contribution in [0.5, 0.6) is 0 Å². The maximum Gasteiger partial charge on any atom is 0.270 e. The van der Waals surface area contributed by atoms with Crippen LogP contribution in [0, 0.1) is 0 Å². The lowest BCUT2D eigenvalue weighted by Gasteiger charge is -2.33. The quantitative estimate of drug-likeness (QED) is 0.797. The molecule has 0 radical (unpaired) electrons. The monoisotopic (exact) mass is 394 g/mol. The zero-order chi connectivity index (χ0) is 19.8. The van der Waals surface area contributed by atoms with Crippen LogP contribution < -0.4 is 10.2 Å². The highest BCUT2D eigenvalue weighted by Crippen LogP contribution is 2.31. The summed E-state index contributed by atoms with van der Waals surface area (Å²) < 4.78 is 0. The van der Waals surface area contributed by atoms with Crippen molar-refractivity contribution in [2.45, 2.75) is 37.8 Å². The molecule has 5 rings (SSSR count). The molecule has 1 amide bonds. The Bertz CT molecular complexity index is 900. The molecule has 8 heteroatoms. The molecule has 2 aromatic heterocycles. The molecule has 8 nitrogen and oxygen atoms in total. The summed E-state index contributed by atoms with van der Waals surface area (Å²) in [6, 6.07) is 3.85. The van der Waals surface area contributed by atoms with Gasteiger partial charge in [0.25, 0.3) is 5.91 Å². The number of rotatable bonds is 3. The average molecular weight is 394 g/mol. The van der Waals surface area contributed by atoms with Crippen molar-refractivity contribution in [2.75, 3.05) is 37.6 Å². The first-order valence-electron chi connectivity index (χ1n) is 10.5. The molecule has 0 saturated carbocycles. The maximum atomic E-state index is 12.5. The minimum absolute atomic E-state index is 0.111. The van der Waals surface area contributed by atoms with E-state index < -0.39 is 6.10 Å². The second kappa shape index (κ2) is 7.68. The second-order valence-corrected chi connectivity index (χ2v) is 8.08. The number of piperidine rings is 1. The van der Waals surface area contributed by atoms with Gasteiger partial charge in [0.2, 0.25) is 0 Å². The van der Waals surface area contributed by atoms with Crippen molar-refractivity contribution in [1.82, 2.24) is 25.2 Å². The summed E-state index contributed by atoms with van der Waals surface area (Å²) in [5.41, 5.74) is 2.10. The number of fused-ring (bicyclic) bond motifs is 1. The zero-order valence-corrected chi connectivity index (χ0v) is 16.4. The number of hydrogen-bond donors (Lipinski definition) is 2. The summed E-state index contributed by atoms with van der Waals surface area (Å²) in [5.74, 6) is 1.12. The van der Waals surface area contributed by atoms with E-state index in [0.717, 1.165) is 36.6 Å².